The normalized spacial score (nSPS) is 16.0. The van der Waals surface area contributed by atoms with Gasteiger partial charge in [0.25, 0.3) is 5.78 Å². The summed E-state index contributed by atoms with van der Waals surface area (Å²) in [7, 11) is 0. The van der Waals surface area contributed by atoms with Gasteiger partial charge in [-0.2, -0.15) is 0 Å². The monoisotopic (exact) mass is 600 g/mol. The molecule has 1 fully saturated rings. The average Bonchev–Trinajstić information content (AvgIpc) is 3.54. The van der Waals surface area contributed by atoms with Crippen LogP contribution < -0.4 is 23.8 Å². The van der Waals surface area contributed by atoms with Crippen LogP contribution in [0.1, 0.15) is 37.9 Å². The minimum atomic E-state index is -0.994. The van der Waals surface area contributed by atoms with Crippen molar-refractivity contribution in [2.45, 2.75) is 26.8 Å². The summed E-state index contributed by atoms with van der Waals surface area (Å²) in [4.78, 5) is 33.4. The average molecular weight is 601 g/mol. The van der Waals surface area contributed by atoms with E-state index in [1.54, 1.807) is 48.5 Å². The Balaban J connectivity index is 1.68. The first kappa shape index (κ1) is 29.7. The predicted molar refractivity (Wildman–Crippen MR) is 166 cm³/mol. The highest BCUT2D eigenvalue weighted by Gasteiger charge is 2.48. The van der Waals surface area contributed by atoms with Crippen LogP contribution in [0.25, 0.3) is 16.0 Å². The maximum Gasteiger partial charge on any atom is 0.301 e. The Morgan fingerprint density at radius 1 is 0.907 bits per heavy atom. The van der Waals surface area contributed by atoms with Gasteiger partial charge in [-0.05, 0) is 80.9 Å². The molecule has 5 rings (SSSR count). The first-order chi connectivity index (χ1) is 20.9. The van der Waals surface area contributed by atoms with Crippen LogP contribution in [0, 0.1) is 0 Å². The summed E-state index contributed by atoms with van der Waals surface area (Å²) in [6.45, 7) is 10.9. The molecule has 3 aromatic carbocycles. The quantitative estimate of drug-likeness (QED) is 0.0830. The van der Waals surface area contributed by atoms with Crippen LogP contribution in [-0.2, 0) is 9.59 Å². The molecule has 0 radical (unpaired) electrons. The molecule has 1 aromatic heterocycles. The number of aliphatic hydroxyl groups excluding tert-OH is 1. The zero-order chi connectivity index (χ0) is 30.5. The molecule has 4 aromatic rings. The van der Waals surface area contributed by atoms with Crippen LogP contribution in [0.5, 0.6) is 23.0 Å². The molecule has 0 aliphatic carbocycles. The highest BCUT2D eigenvalue weighted by Crippen LogP contribution is 2.46. The van der Waals surface area contributed by atoms with Crippen LogP contribution >= 0.6 is 11.3 Å². The molecule has 1 unspecified atom stereocenters. The molecule has 0 spiro atoms. The van der Waals surface area contributed by atoms with Crippen molar-refractivity contribution in [2.75, 3.05) is 31.3 Å². The van der Waals surface area contributed by atoms with Crippen molar-refractivity contribution in [3.63, 3.8) is 0 Å². The lowest BCUT2D eigenvalue weighted by Gasteiger charge is -2.24. The number of carbonyl (C=O) groups is 2. The van der Waals surface area contributed by atoms with Crippen molar-refractivity contribution in [3.8, 4) is 23.0 Å². The third kappa shape index (κ3) is 5.91. The fourth-order valence-electron chi connectivity index (χ4n) is 4.86. The van der Waals surface area contributed by atoms with Gasteiger partial charge in [0.05, 0.1) is 41.7 Å². The van der Waals surface area contributed by atoms with Gasteiger partial charge in [-0.25, -0.2) is 4.98 Å². The number of anilines is 1. The van der Waals surface area contributed by atoms with Gasteiger partial charge in [-0.3, -0.25) is 14.5 Å². The third-order valence-corrected chi connectivity index (χ3v) is 7.71. The third-order valence-electron chi connectivity index (χ3n) is 6.69. The molecule has 1 atom stereocenters. The van der Waals surface area contributed by atoms with Crippen molar-refractivity contribution in [2.24, 2.45) is 0 Å². The molecule has 222 valence electrons. The van der Waals surface area contributed by atoms with Gasteiger partial charge >= 0.3 is 5.91 Å². The van der Waals surface area contributed by atoms with Gasteiger partial charge < -0.3 is 24.1 Å². The minimum Gasteiger partial charge on any atom is -0.507 e. The van der Waals surface area contributed by atoms with Gasteiger partial charge in [-0.1, -0.05) is 30.1 Å². The van der Waals surface area contributed by atoms with Gasteiger partial charge in [0.2, 0.25) is 0 Å². The van der Waals surface area contributed by atoms with Crippen LogP contribution in [0.15, 0.2) is 78.9 Å². The number of aliphatic hydroxyl groups is 1. The molecule has 43 heavy (non-hydrogen) atoms. The van der Waals surface area contributed by atoms with E-state index in [0.29, 0.717) is 64.6 Å². The van der Waals surface area contributed by atoms with Crippen LogP contribution in [0.4, 0.5) is 5.13 Å². The Labute approximate surface area is 253 Å². The molecule has 9 nitrogen and oxygen atoms in total. The summed E-state index contributed by atoms with van der Waals surface area (Å²) in [6, 6.07) is 16.4. The number of thiazole rings is 1. The standard InChI is InChI=1S/C33H32N2O7S/c1-5-17-42-25-16-11-21(18-26(25)41-8-4)29-28(30(36)20-9-12-22(13-10-20)39-6-2)31(37)32(38)35(29)33-34-24-15-14-23(40-7-3)19-27(24)43-33/h5,9-16,18-19,29,36H,1,6-8,17H2,2-4H3. The molecular formula is C33H32N2O7S. The molecule has 0 bridgehead atoms. The molecule has 1 amide bonds. The number of Topliss-reactive ketones (excluding diaryl/α,β-unsaturated/α-hetero) is 1. The molecule has 10 heteroatoms. The van der Waals surface area contributed by atoms with E-state index in [1.165, 1.54) is 16.2 Å². The summed E-state index contributed by atoms with van der Waals surface area (Å²) in [5, 5.41) is 11.9. The van der Waals surface area contributed by atoms with Crippen LogP contribution in [0.2, 0.25) is 0 Å². The lowest BCUT2D eigenvalue weighted by Crippen LogP contribution is -2.29. The van der Waals surface area contributed by atoms with Crippen molar-refractivity contribution in [3.05, 3.63) is 90.0 Å². The Kier molecular flexibility index (Phi) is 8.96. The van der Waals surface area contributed by atoms with E-state index in [1.807, 2.05) is 39.0 Å². The van der Waals surface area contributed by atoms with E-state index in [-0.39, 0.29) is 17.9 Å². The Hall–Kier alpha value is -4.83. The molecule has 1 N–H and O–H groups in total. The van der Waals surface area contributed by atoms with Crippen molar-refractivity contribution < 1.29 is 33.6 Å². The molecule has 1 saturated heterocycles. The number of nitrogens with zero attached hydrogens (tertiary/aromatic N) is 2. The number of aromatic nitrogens is 1. The molecule has 0 saturated carbocycles. The van der Waals surface area contributed by atoms with Crippen LogP contribution in [0.3, 0.4) is 0 Å². The minimum absolute atomic E-state index is 0.0642. The topological polar surface area (TPSA) is 107 Å². The first-order valence-electron chi connectivity index (χ1n) is 14.0. The number of carbonyl (C=O) groups excluding carboxylic acids is 2. The second-order valence-corrected chi connectivity index (χ2v) is 10.4. The van der Waals surface area contributed by atoms with E-state index in [4.69, 9.17) is 23.9 Å². The summed E-state index contributed by atoms with van der Waals surface area (Å²) in [5.74, 6) is 0.279. The number of ether oxygens (including phenoxy) is 4. The van der Waals surface area contributed by atoms with E-state index in [2.05, 4.69) is 6.58 Å². The second-order valence-electron chi connectivity index (χ2n) is 9.42. The Bertz CT molecular complexity index is 1690. The SMILES string of the molecule is C=CCOc1ccc(C2C(=C(O)c3ccc(OCC)cc3)C(=O)C(=O)N2c2nc3ccc(OCC)cc3s2)cc1OCC. The smallest absolute Gasteiger partial charge is 0.301 e. The summed E-state index contributed by atoms with van der Waals surface area (Å²) in [5.41, 5.74) is 1.49. The Morgan fingerprint density at radius 3 is 2.30 bits per heavy atom. The van der Waals surface area contributed by atoms with Gasteiger partial charge in [0, 0.05) is 5.56 Å². The number of rotatable bonds is 12. The second kappa shape index (κ2) is 13.0. The number of benzene rings is 3. The summed E-state index contributed by atoms with van der Waals surface area (Å²) >= 11 is 1.26. The van der Waals surface area contributed by atoms with Crippen molar-refractivity contribution in [1.29, 1.82) is 0 Å². The van der Waals surface area contributed by atoms with E-state index in [0.717, 1.165) is 4.70 Å². The van der Waals surface area contributed by atoms with Crippen LogP contribution in [-0.4, -0.2) is 48.2 Å². The molecule has 2 heterocycles. The summed E-state index contributed by atoms with van der Waals surface area (Å²) < 4.78 is 23.6. The highest BCUT2D eigenvalue weighted by molar-refractivity contribution is 7.22. The molecule has 1 aliphatic heterocycles. The van der Waals surface area contributed by atoms with E-state index < -0.39 is 17.7 Å². The lowest BCUT2D eigenvalue weighted by atomic mass is 9.95. The maximum absolute atomic E-state index is 13.7. The van der Waals surface area contributed by atoms with Crippen molar-refractivity contribution in [1.82, 2.24) is 4.98 Å². The van der Waals surface area contributed by atoms with E-state index >= 15 is 0 Å². The molecular weight excluding hydrogens is 568 g/mol. The largest absolute Gasteiger partial charge is 0.507 e. The van der Waals surface area contributed by atoms with E-state index in [9.17, 15) is 14.7 Å². The van der Waals surface area contributed by atoms with Crippen molar-refractivity contribution >= 4 is 44.1 Å². The number of fused-ring (bicyclic) bond motifs is 1. The fourth-order valence-corrected chi connectivity index (χ4v) is 5.88. The van der Waals surface area contributed by atoms with Gasteiger partial charge in [0.1, 0.15) is 23.9 Å². The number of hydrogen-bond acceptors (Lipinski definition) is 9. The lowest BCUT2D eigenvalue weighted by molar-refractivity contribution is -0.132. The number of amides is 1. The van der Waals surface area contributed by atoms with Gasteiger partial charge in [-0.15, -0.1) is 0 Å². The zero-order valence-corrected chi connectivity index (χ0v) is 25.0. The zero-order valence-electron chi connectivity index (χ0n) is 24.2. The Morgan fingerprint density at radius 2 is 1.60 bits per heavy atom. The summed E-state index contributed by atoms with van der Waals surface area (Å²) in [6.07, 6.45) is 1.62. The van der Waals surface area contributed by atoms with Gasteiger partial charge in [0.15, 0.2) is 16.6 Å². The fraction of sp³-hybridized carbons (Fsp3) is 0.242. The maximum atomic E-state index is 13.7. The number of hydrogen-bond donors (Lipinski definition) is 1. The molecule has 1 aliphatic rings. The highest BCUT2D eigenvalue weighted by atomic mass is 32.1. The first-order valence-corrected chi connectivity index (χ1v) is 14.8. The number of ketones is 1. The predicted octanol–water partition coefficient (Wildman–Crippen LogP) is 6.68.